The number of halogens is 3. The molecule has 1 aromatic carbocycles. The Kier molecular flexibility index (Phi) is 5.85. The molecule has 6 nitrogen and oxygen atoms in total. The van der Waals surface area contributed by atoms with Crippen molar-refractivity contribution >= 4 is 17.5 Å². The summed E-state index contributed by atoms with van der Waals surface area (Å²) < 4.78 is 33.4. The number of alkyl halides is 2. The minimum absolute atomic E-state index is 0.234. The Labute approximate surface area is 177 Å². The first-order valence-corrected chi connectivity index (χ1v) is 10.1. The molecular formula is C21H21ClF2N4O2. The fraction of sp³-hybridized carbons (Fsp3) is 0.381. The van der Waals surface area contributed by atoms with Gasteiger partial charge in [0.25, 0.3) is 6.43 Å². The zero-order valence-corrected chi connectivity index (χ0v) is 17.1. The van der Waals surface area contributed by atoms with Gasteiger partial charge in [-0.1, -0.05) is 23.7 Å². The highest BCUT2D eigenvalue weighted by molar-refractivity contribution is 6.30. The van der Waals surface area contributed by atoms with Gasteiger partial charge in [-0.05, 0) is 43.5 Å². The number of likely N-dealkylation sites (tertiary alicyclic amines) is 1. The van der Waals surface area contributed by atoms with E-state index in [1.54, 1.807) is 18.0 Å². The van der Waals surface area contributed by atoms with Gasteiger partial charge in [0.1, 0.15) is 24.0 Å². The fourth-order valence-electron chi connectivity index (χ4n) is 3.77. The lowest BCUT2D eigenvalue weighted by Gasteiger charge is -2.22. The number of rotatable bonds is 6. The number of aryl methyl sites for hydroxylation is 1. The van der Waals surface area contributed by atoms with Gasteiger partial charge in [-0.15, -0.1) is 0 Å². The summed E-state index contributed by atoms with van der Waals surface area (Å²) in [4.78, 5) is 18.9. The van der Waals surface area contributed by atoms with Gasteiger partial charge in [0.2, 0.25) is 11.8 Å². The van der Waals surface area contributed by atoms with Crippen molar-refractivity contribution in [3.8, 4) is 0 Å². The van der Waals surface area contributed by atoms with Crippen LogP contribution < -0.4 is 0 Å². The van der Waals surface area contributed by atoms with Crippen LogP contribution in [-0.2, 0) is 17.8 Å². The molecule has 9 heteroatoms. The molecule has 1 aliphatic rings. The molecule has 3 aromatic rings. The Morgan fingerprint density at radius 1 is 1.33 bits per heavy atom. The average Bonchev–Trinajstić information content (AvgIpc) is 3.43. The van der Waals surface area contributed by atoms with Crippen molar-refractivity contribution in [2.75, 3.05) is 6.54 Å². The Morgan fingerprint density at radius 2 is 2.10 bits per heavy atom. The van der Waals surface area contributed by atoms with Crippen LogP contribution in [0.5, 0.6) is 0 Å². The van der Waals surface area contributed by atoms with Crippen molar-refractivity contribution < 1.29 is 18.0 Å². The molecule has 0 spiro atoms. The average molecular weight is 435 g/mol. The van der Waals surface area contributed by atoms with Crippen molar-refractivity contribution in [3.63, 3.8) is 0 Å². The molecular weight excluding hydrogens is 414 g/mol. The van der Waals surface area contributed by atoms with Gasteiger partial charge >= 0.3 is 0 Å². The van der Waals surface area contributed by atoms with Gasteiger partial charge in [-0.25, -0.2) is 13.8 Å². The third-order valence-corrected chi connectivity index (χ3v) is 5.42. The SMILES string of the molecule is Cc1cc(C(F)F)n(CC(=O)N2CCCC2c2ncc(Cc3ccc(Cl)cc3)o2)n1. The number of carbonyl (C=O) groups is 1. The third kappa shape index (κ3) is 4.38. The molecule has 158 valence electrons. The van der Waals surface area contributed by atoms with Gasteiger partial charge in [0, 0.05) is 18.0 Å². The molecule has 1 atom stereocenters. The van der Waals surface area contributed by atoms with Crippen LogP contribution in [0.2, 0.25) is 5.02 Å². The van der Waals surface area contributed by atoms with Crippen LogP contribution in [0.15, 0.2) is 40.9 Å². The van der Waals surface area contributed by atoms with E-state index in [1.807, 2.05) is 24.3 Å². The first kappa shape index (κ1) is 20.5. The summed E-state index contributed by atoms with van der Waals surface area (Å²) in [7, 11) is 0. The molecule has 1 amide bonds. The maximum atomic E-state index is 13.2. The molecule has 4 rings (SSSR count). The predicted molar refractivity (Wildman–Crippen MR) is 106 cm³/mol. The van der Waals surface area contributed by atoms with Crippen LogP contribution in [0, 0.1) is 6.92 Å². The Morgan fingerprint density at radius 3 is 2.83 bits per heavy atom. The molecule has 0 aliphatic carbocycles. The summed E-state index contributed by atoms with van der Waals surface area (Å²) in [6.45, 7) is 1.92. The summed E-state index contributed by atoms with van der Waals surface area (Å²) in [6, 6.07) is 8.47. The van der Waals surface area contributed by atoms with E-state index in [-0.39, 0.29) is 24.2 Å². The minimum Gasteiger partial charge on any atom is -0.443 e. The van der Waals surface area contributed by atoms with Crippen LogP contribution in [0.25, 0.3) is 0 Å². The normalized spacial score (nSPS) is 16.6. The molecule has 1 unspecified atom stereocenters. The van der Waals surface area contributed by atoms with Crippen molar-refractivity contribution in [2.45, 2.75) is 45.2 Å². The second-order valence-electron chi connectivity index (χ2n) is 7.38. The number of oxazole rings is 1. The van der Waals surface area contributed by atoms with Gasteiger partial charge < -0.3 is 9.32 Å². The van der Waals surface area contributed by atoms with Crippen molar-refractivity contribution in [3.05, 3.63) is 70.2 Å². The monoisotopic (exact) mass is 434 g/mol. The maximum absolute atomic E-state index is 13.2. The number of amides is 1. The lowest BCUT2D eigenvalue weighted by molar-refractivity contribution is -0.133. The first-order chi connectivity index (χ1) is 14.4. The van der Waals surface area contributed by atoms with Crippen LogP contribution in [-0.4, -0.2) is 32.1 Å². The second-order valence-corrected chi connectivity index (χ2v) is 7.82. The van der Waals surface area contributed by atoms with Gasteiger partial charge in [-0.2, -0.15) is 5.10 Å². The topological polar surface area (TPSA) is 64.2 Å². The Hall–Kier alpha value is -2.74. The van der Waals surface area contributed by atoms with E-state index in [4.69, 9.17) is 16.0 Å². The summed E-state index contributed by atoms with van der Waals surface area (Å²) in [5.74, 6) is 0.879. The molecule has 2 aromatic heterocycles. The molecule has 1 aliphatic heterocycles. The zero-order valence-electron chi connectivity index (χ0n) is 16.4. The number of hydrogen-bond acceptors (Lipinski definition) is 4. The highest BCUT2D eigenvalue weighted by Crippen LogP contribution is 2.32. The molecule has 30 heavy (non-hydrogen) atoms. The van der Waals surface area contributed by atoms with Gasteiger partial charge in [-0.3, -0.25) is 9.48 Å². The number of carbonyl (C=O) groups excluding carboxylic acids is 1. The molecule has 1 fully saturated rings. The van der Waals surface area contributed by atoms with Crippen LogP contribution in [0.3, 0.4) is 0 Å². The molecule has 0 saturated carbocycles. The maximum Gasteiger partial charge on any atom is 0.280 e. The summed E-state index contributed by atoms with van der Waals surface area (Å²) in [5, 5.41) is 4.71. The zero-order chi connectivity index (χ0) is 21.3. The van der Waals surface area contributed by atoms with Crippen molar-refractivity contribution in [1.82, 2.24) is 19.7 Å². The largest absolute Gasteiger partial charge is 0.443 e. The molecule has 0 bridgehead atoms. The number of nitrogens with zero attached hydrogens (tertiary/aromatic N) is 4. The van der Waals surface area contributed by atoms with E-state index < -0.39 is 6.43 Å². The second kappa shape index (κ2) is 8.55. The number of aromatic nitrogens is 3. The Bertz CT molecular complexity index is 1030. The fourth-order valence-corrected chi connectivity index (χ4v) is 3.90. The van der Waals surface area contributed by atoms with E-state index in [2.05, 4.69) is 10.1 Å². The summed E-state index contributed by atoms with van der Waals surface area (Å²) in [6.07, 6.45) is 1.05. The smallest absolute Gasteiger partial charge is 0.280 e. The highest BCUT2D eigenvalue weighted by atomic mass is 35.5. The third-order valence-electron chi connectivity index (χ3n) is 5.16. The highest BCUT2D eigenvalue weighted by Gasteiger charge is 2.34. The van der Waals surface area contributed by atoms with E-state index in [0.29, 0.717) is 41.8 Å². The lowest BCUT2D eigenvalue weighted by Crippen LogP contribution is -2.34. The molecule has 0 radical (unpaired) electrons. The summed E-state index contributed by atoms with van der Waals surface area (Å²) in [5.41, 5.74) is 1.24. The molecule has 1 saturated heterocycles. The summed E-state index contributed by atoms with van der Waals surface area (Å²) >= 11 is 5.92. The van der Waals surface area contributed by atoms with Gasteiger partial charge in [0.15, 0.2) is 0 Å². The standard InChI is InChI=1S/C21H21ClF2N4O2/c1-13-9-18(20(23)24)28(26-13)12-19(29)27-8-2-3-17(27)21-25-11-16(30-21)10-14-4-6-15(22)7-5-14/h4-7,9,11,17,20H,2-3,8,10,12H2,1H3. The lowest BCUT2D eigenvalue weighted by atomic mass is 10.1. The minimum atomic E-state index is -2.68. The van der Waals surface area contributed by atoms with E-state index >= 15 is 0 Å². The first-order valence-electron chi connectivity index (χ1n) is 9.71. The van der Waals surface area contributed by atoms with Crippen molar-refractivity contribution in [2.24, 2.45) is 0 Å². The van der Waals surface area contributed by atoms with Crippen LogP contribution >= 0.6 is 11.6 Å². The van der Waals surface area contributed by atoms with Crippen LogP contribution in [0.4, 0.5) is 8.78 Å². The molecule has 3 heterocycles. The van der Waals surface area contributed by atoms with E-state index in [1.165, 1.54) is 6.07 Å². The van der Waals surface area contributed by atoms with E-state index in [0.717, 1.165) is 16.7 Å². The Balaban J connectivity index is 1.46. The molecule has 0 N–H and O–H groups in total. The quantitative estimate of drug-likeness (QED) is 0.563. The van der Waals surface area contributed by atoms with E-state index in [9.17, 15) is 13.6 Å². The van der Waals surface area contributed by atoms with Crippen LogP contribution in [0.1, 0.15) is 53.9 Å². The van der Waals surface area contributed by atoms with Gasteiger partial charge in [0.05, 0.1) is 11.9 Å². The number of hydrogen-bond donors (Lipinski definition) is 0. The number of benzene rings is 1. The van der Waals surface area contributed by atoms with Crippen molar-refractivity contribution in [1.29, 1.82) is 0 Å². The predicted octanol–water partition coefficient (Wildman–Crippen LogP) is 4.73.